The van der Waals surface area contributed by atoms with Crippen molar-refractivity contribution >= 4 is 5.78 Å². The second-order valence-corrected chi connectivity index (χ2v) is 4.83. The van der Waals surface area contributed by atoms with Gasteiger partial charge in [0.15, 0.2) is 5.78 Å². The molecule has 0 bridgehead atoms. The number of rotatable bonds is 0. The van der Waals surface area contributed by atoms with E-state index in [9.17, 15) is 4.79 Å². The Balaban J connectivity index is 1.95. The van der Waals surface area contributed by atoms with Gasteiger partial charge in [0, 0.05) is 18.2 Å². The Morgan fingerprint density at radius 1 is 1.13 bits per heavy atom. The van der Waals surface area contributed by atoms with Crippen LogP contribution in [0.25, 0.3) is 0 Å². The van der Waals surface area contributed by atoms with Gasteiger partial charge in [-0.15, -0.1) is 0 Å². The van der Waals surface area contributed by atoms with Crippen LogP contribution in [0.5, 0.6) is 0 Å². The van der Waals surface area contributed by atoms with E-state index in [-0.39, 0.29) is 0 Å². The molecule has 0 radical (unpaired) electrons. The second kappa shape index (κ2) is 3.51. The molecule has 80 valence electrons. The van der Waals surface area contributed by atoms with Crippen molar-refractivity contribution in [1.29, 1.82) is 0 Å². The number of nitrogens with zero attached hydrogens (tertiary/aromatic N) is 1. The molecular weight excluding hydrogens is 186 g/mol. The Morgan fingerprint density at radius 2 is 1.93 bits per heavy atom. The molecule has 0 amide bonds. The highest BCUT2D eigenvalue weighted by atomic mass is 16.1. The van der Waals surface area contributed by atoms with Gasteiger partial charge in [-0.25, -0.2) is 0 Å². The Hall–Kier alpha value is -1.05. The van der Waals surface area contributed by atoms with Gasteiger partial charge >= 0.3 is 0 Å². The van der Waals surface area contributed by atoms with E-state index < -0.39 is 0 Å². The maximum absolute atomic E-state index is 12.1. The average Bonchev–Trinajstić information content (AvgIpc) is 2.72. The molecular formula is C13H17NO. The third-order valence-corrected chi connectivity index (χ3v) is 3.95. The van der Waals surface area contributed by atoms with E-state index in [0.29, 0.717) is 17.7 Å². The predicted octanol–water partition coefficient (Wildman–Crippen LogP) is 3.20. The first-order chi connectivity index (χ1) is 7.38. The second-order valence-electron chi connectivity index (χ2n) is 4.83. The van der Waals surface area contributed by atoms with Crippen LogP contribution < -0.4 is 0 Å². The molecule has 15 heavy (non-hydrogen) atoms. The first-order valence-electron chi connectivity index (χ1n) is 6.09. The molecule has 2 heteroatoms. The maximum atomic E-state index is 12.1. The molecule has 1 aromatic rings. The minimum absolute atomic E-state index is 0.293. The Bertz CT molecular complexity index is 380. The zero-order valence-electron chi connectivity index (χ0n) is 8.98. The summed E-state index contributed by atoms with van der Waals surface area (Å²) in [6, 6.07) is 4.46. The largest absolute Gasteiger partial charge is 0.341 e. The van der Waals surface area contributed by atoms with Gasteiger partial charge in [-0.2, -0.15) is 0 Å². The predicted molar refractivity (Wildman–Crippen MR) is 59.0 cm³/mol. The van der Waals surface area contributed by atoms with Crippen molar-refractivity contribution in [2.24, 2.45) is 5.92 Å². The topological polar surface area (TPSA) is 22.0 Å². The Kier molecular flexibility index (Phi) is 2.15. The van der Waals surface area contributed by atoms with Crippen molar-refractivity contribution in [1.82, 2.24) is 4.57 Å². The summed E-state index contributed by atoms with van der Waals surface area (Å²) in [5.41, 5.74) is 0.951. The van der Waals surface area contributed by atoms with Crippen molar-refractivity contribution < 1.29 is 4.79 Å². The van der Waals surface area contributed by atoms with Crippen LogP contribution in [0.15, 0.2) is 18.3 Å². The zero-order valence-corrected chi connectivity index (χ0v) is 8.98. The van der Waals surface area contributed by atoms with Crippen LogP contribution >= 0.6 is 0 Å². The molecule has 2 heterocycles. The lowest BCUT2D eigenvalue weighted by Gasteiger charge is -2.22. The molecule has 2 atom stereocenters. The van der Waals surface area contributed by atoms with Gasteiger partial charge in [-0.3, -0.25) is 4.79 Å². The van der Waals surface area contributed by atoms with Crippen molar-refractivity contribution in [2.45, 2.75) is 44.6 Å². The smallest absolute Gasteiger partial charge is 0.184 e. The van der Waals surface area contributed by atoms with Gasteiger partial charge in [-0.05, 0) is 25.0 Å². The van der Waals surface area contributed by atoms with E-state index in [1.54, 1.807) is 0 Å². The molecule has 1 aromatic heterocycles. The van der Waals surface area contributed by atoms with Gasteiger partial charge in [-0.1, -0.05) is 25.7 Å². The number of fused-ring (bicyclic) bond motifs is 3. The van der Waals surface area contributed by atoms with Gasteiger partial charge < -0.3 is 4.57 Å². The van der Waals surface area contributed by atoms with Crippen LogP contribution in [0.1, 0.15) is 55.1 Å². The van der Waals surface area contributed by atoms with Crippen LogP contribution in [-0.2, 0) is 0 Å². The minimum Gasteiger partial charge on any atom is -0.341 e. The Labute approximate surface area is 90.3 Å². The lowest BCUT2D eigenvalue weighted by molar-refractivity contribution is 0.0903. The van der Waals surface area contributed by atoms with Crippen LogP contribution in [0.4, 0.5) is 0 Å². The first kappa shape index (κ1) is 9.20. The molecule has 0 saturated heterocycles. The van der Waals surface area contributed by atoms with Crippen LogP contribution in [0, 0.1) is 5.92 Å². The van der Waals surface area contributed by atoms with E-state index in [0.717, 1.165) is 12.1 Å². The van der Waals surface area contributed by atoms with E-state index in [2.05, 4.69) is 10.8 Å². The monoisotopic (exact) mass is 203 g/mol. The third-order valence-electron chi connectivity index (χ3n) is 3.95. The van der Waals surface area contributed by atoms with Gasteiger partial charge in [0.05, 0.1) is 5.69 Å². The highest BCUT2D eigenvalue weighted by molar-refractivity contribution is 5.99. The normalized spacial score (nSPS) is 30.5. The molecule has 0 N–H and O–H groups in total. The lowest BCUT2D eigenvalue weighted by Crippen LogP contribution is -2.17. The quantitative estimate of drug-likeness (QED) is 0.634. The molecule has 2 nitrogen and oxygen atoms in total. The highest BCUT2D eigenvalue weighted by Crippen LogP contribution is 2.39. The van der Waals surface area contributed by atoms with Crippen molar-refractivity contribution in [3.63, 3.8) is 0 Å². The summed E-state index contributed by atoms with van der Waals surface area (Å²) >= 11 is 0. The number of carbonyl (C=O) groups excluding carboxylic acids is 1. The molecule has 2 unspecified atom stereocenters. The fourth-order valence-corrected chi connectivity index (χ4v) is 3.19. The summed E-state index contributed by atoms with van der Waals surface area (Å²) in [6.07, 6.45) is 9.55. The number of aromatic nitrogens is 1. The molecule has 3 rings (SSSR count). The van der Waals surface area contributed by atoms with E-state index in [1.807, 2.05) is 12.1 Å². The Morgan fingerprint density at radius 3 is 2.80 bits per heavy atom. The highest BCUT2D eigenvalue weighted by Gasteiger charge is 2.38. The summed E-state index contributed by atoms with van der Waals surface area (Å²) in [7, 11) is 0. The number of hydrogen-bond donors (Lipinski definition) is 0. The van der Waals surface area contributed by atoms with Crippen molar-refractivity contribution in [3.8, 4) is 0 Å². The first-order valence-corrected chi connectivity index (χ1v) is 6.09. The van der Waals surface area contributed by atoms with E-state index >= 15 is 0 Å². The van der Waals surface area contributed by atoms with E-state index in [1.165, 1.54) is 32.1 Å². The molecule has 0 spiro atoms. The fraction of sp³-hybridized carbons (Fsp3) is 0.615. The fourth-order valence-electron chi connectivity index (χ4n) is 3.19. The summed E-state index contributed by atoms with van der Waals surface area (Å²) < 4.78 is 2.22. The summed E-state index contributed by atoms with van der Waals surface area (Å²) in [6.45, 7) is 0. The number of carbonyl (C=O) groups is 1. The number of Topliss-reactive ketones (excluding diaryl/α,β-unsaturated/α-hetero) is 1. The standard InChI is InChI=1S/C13H17NO/c15-13-10-6-3-1-2-4-7-11(10)14-9-5-8-12(13)14/h5,8-11H,1-4,6-7H2. The third kappa shape index (κ3) is 1.35. The average molecular weight is 203 g/mol. The lowest BCUT2D eigenvalue weighted by atomic mass is 9.86. The van der Waals surface area contributed by atoms with Crippen LogP contribution in [0.2, 0.25) is 0 Å². The molecule has 0 aromatic carbocycles. The molecule has 1 fully saturated rings. The van der Waals surface area contributed by atoms with Gasteiger partial charge in [0.25, 0.3) is 0 Å². The van der Waals surface area contributed by atoms with Crippen molar-refractivity contribution in [2.75, 3.05) is 0 Å². The summed E-state index contributed by atoms with van der Waals surface area (Å²) in [5, 5.41) is 0. The molecule has 1 saturated carbocycles. The SMILES string of the molecule is O=C1c2cccn2C2CCCCCCC12. The zero-order chi connectivity index (χ0) is 10.3. The molecule has 2 aliphatic rings. The molecule has 1 aliphatic carbocycles. The molecule has 1 aliphatic heterocycles. The van der Waals surface area contributed by atoms with Crippen LogP contribution in [0.3, 0.4) is 0 Å². The summed E-state index contributed by atoms with van der Waals surface area (Å²) in [5.74, 6) is 0.688. The number of hydrogen-bond acceptors (Lipinski definition) is 1. The van der Waals surface area contributed by atoms with Gasteiger partial charge in [0.2, 0.25) is 0 Å². The van der Waals surface area contributed by atoms with Crippen molar-refractivity contribution in [3.05, 3.63) is 24.0 Å². The minimum atomic E-state index is 0.293. The van der Waals surface area contributed by atoms with E-state index in [4.69, 9.17) is 0 Å². The van der Waals surface area contributed by atoms with Crippen LogP contribution in [-0.4, -0.2) is 10.4 Å². The maximum Gasteiger partial charge on any atom is 0.184 e. The van der Waals surface area contributed by atoms with Gasteiger partial charge in [0.1, 0.15) is 0 Å². The summed E-state index contributed by atoms with van der Waals surface area (Å²) in [4.78, 5) is 12.1. The number of ketones is 1.